The number of carbonyl (C=O) groups is 2. The van der Waals surface area contributed by atoms with Gasteiger partial charge in [-0.25, -0.2) is 4.79 Å². The molecule has 1 aromatic carbocycles. The van der Waals surface area contributed by atoms with Gasteiger partial charge in [0.1, 0.15) is 5.54 Å². The number of nitrogens with one attached hydrogen (secondary N) is 1. The van der Waals surface area contributed by atoms with Gasteiger partial charge in [0.25, 0.3) is 5.91 Å². The third-order valence-corrected chi connectivity index (χ3v) is 4.90. The second-order valence-electron chi connectivity index (χ2n) is 5.52. The van der Waals surface area contributed by atoms with Gasteiger partial charge in [-0.3, -0.25) is 9.69 Å². The molecular formula is C14H16N2O2S. The molecule has 0 aliphatic carbocycles. The molecule has 100 valence electrons. The Morgan fingerprint density at radius 2 is 2.11 bits per heavy atom. The minimum absolute atomic E-state index is 0.133. The minimum atomic E-state index is -0.775. The van der Waals surface area contributed by atoms with Crippen LogP contribution < -0.4 is 5.32 Å². The topological polar surface area (TPSA) is 49.4 Å². The lowest BCUT2D eigenvalue weighted by Gasteiger charge is -2.19. The molecule has 2 aliphatic heterocycles. The number of urea groups is 1. The Hall–Kier alpha value is -1.49. The maximum atomic E-state index is 12.2. The summed E-state index contributed by atoms with van der Waals surface area (Å²) in [5.74, 6) is 1.04. The van der Waals surface area contributed by atoms with Crippen molar-refractivity contribution in [3.8, 4) is 0 Å². The molecule has 2 aliphatic rings. The maximum Gasteiger partial charge on any atom is 0.325 e. The number of fused-ring (bicyclic) bond motifs is 1. The molecule has 0 radical (unpaired) electrons. The van der Waals surface area contributed by atoms with Gasteiger partial charge in [-0.05, 0) is 25.5 Å². The van der Waals surface area contributed by atoms with Crippen molar-refractivity contribution in [3.05, 3.63) is 29.8 Å². The van der Waals surface area contributed by atoms with Gasteiger partial charge in [-0.2, -0.15) is 0 Å². The zero-order valence-electron chi connectivity index (χ0n) is 11.0. The van der Waals surface area contributed by atoms with Gasteiger partial charge < -0.3 is 5.32 Å². The molecule has 1 atom stereocenters. The zero-order valence-corrected chi connectivity index (χ0v) is 11.8. The summed E-state index contributed by atoms with van der Waals surface area (Å²) in [5, 5.41) is 2.72. The highest BCUT2D eigenvalue weighted by Crippen LogP contribution is 2.40. The van der Waals surface area contributed by atoms with Crippen LogP contribution in [0, 0.1) is 0 Å². The number of nitrogens with zero attached hydrogens (tertiary/aromatic N) is 1. The van der Waals surface area contributed by atoms with Crippen molar-refractivity contribution in [1.29, 1.82) is 0 Å². The summed E-state index contributed by atoms with van der Waals surface area (Å²) in [5.41, 5.74) is 0.473. The Balaban J connectivity index is 1.81. The summed E-state index contributed by atoms with van der Waals surface area (Å²) < 4.78 is 0. The third-order valence-electron chi connectivity index (χ3n) is 3.65. The molecule has 4 nitrogen and oxygen atoms in total. The fraction of sp³-hybridized carbons (Fsp3) is 0.429. The van der Waals surface area contributed by atoms with Crippen molar-refractivity contribution >= 4 is 23.7 Å². The highest BCUT2D eigenvalue weighted by Gasteiger charge is 2.45. The Morgan fingerprint density at radius 1 is 1.37 bits per heavy atom. The molecule has 1 aromatic rings. The molecule has 5 heteroatoms. The molecule has 1 N–H and O–H groups in total. The molecule has 2 heterocycles. The third kappa shape index (κ3) is 2.02. The molecular weight excluding hydrogens is 260 g/mol. The van der Waals surface area contributed by atoms with E-state index >= 15 is 0 Å². The summed E-state index contributed by atoms with van der Waals surface area (Å²) in [6, 6.07) is 7.93. The van der Waals surface area contributed by atoms with E-state index in [1.807, 2.05) is 12.1 Å². The van der Waals surface area contributed by atoms with E-state index in [1.165, 1.54) is 15.4 Å². The molecule has 1 fully saturated rings. The quantitative estimate of drug-likeness (QED) is 0.843. The van der Waals surface area contributed by atoms with Crippen LogP contribution in [0.1, 0.15) is 25.3 Å². The first-order valence-corrected chi connectivity index (χ1v) is 7.33. The second-order valence-corrected chi connectivity index (χ2v) is 6.58. The van der Waals surface area contributed by atoms with E-state index in [9.17, 15) is 9.59 Å². The highest BCUT2D eigenvalue weighted by atomic mass is 32.2. The maximum absolute atomic E-state index is 12.2. The van der Waals surface area contributed by atoms with Crippen molar-refractivity contribution < 1.29 is 9.59 Å². The Labute approximate surface area is 116 Å². The Morgan fingerprint density at radius 3 is 2.79 bits per heavy atom. The zero-order chi connectivity index (χ0) is 13.6. The van der Waals surface area contributed by atoms with Gasteiger partial charge in [0.05, 0.1) is 0 Å². The highest BCUT2D eigenvalue weighted by molar-refractivity contribution is 7.99. The van der Waals surface area contributed by atoms with Crippen molar-refractivity contribution in [3.63, 3.8) is 0 Å². The van der Waals surface area contributed by atoms with Gasteiger partial charge in [-0.1, -0.05) is 18.2 Å². The lowest BCUT2D eigenvalue weighted by atomic mass is 10.00. The largest absolute Gasteiger partial charge is 0.325 e. The van der Waals surface area contributed by atoms with Crippen molar-refractivity contribution in [1.82, 2.24) is 10.2 Å². The predicted molar refractivity (Wildman–Crippen MR) is 74.2 cm³/mol. The normalized spacial score (nSPS) is 24.5. The number of imide groups is 1. The van der Waals surface area contributed by atoms with E-state index in [0.717, 1.165) is 5.75 Å². The van der Waals surface area contributed by atoms with Gasteiger partial charge in [-0.15, -0.1) is 11.8 Å². The average Bonchev–Trinajstić information content (AvgIpc) is 2.85. The molecule has 1 saturated heterocycles. The smallest absolute Gasteiger partial charge is 0.324 e. The summed E-state index contributed by atoms with van der Waals surface area (Å²) in [6.07, 6.45) is 0. The second kappa shape index (κ2) is 4.27. The first-order valence-electron chi connectivity index (χ1n) is 6.35. The number of hydrogen-bond acceptors (Lipinski definition) is 3. The minimum Gasteiger partial charge on any atom is -0.324 e. The van der Waals surface area contributed by atoms with Crippen LogP contribution in [-0.4, -0.2) is 34.7 Å². The molecule has 0 saturated carbocycles. The number of carbonyl (C=O) groups excluding carboxylic acids is 2. The van der Waals surface area contributed by atoms with Crippen molar-refractivity contribution in [2.75, 3.05) is 12.3 Å². The molecule has 19 heavy (non-hydrogen) atoms. The SMILES string of the molecule is CC1(C)NC(=O)N(CC2CSc3ccccc32)C1=O. The van der Waals surface area contributed by atoms with Crippen LogP contribution in [0.2, 0.25) is 0 Å². The van der Waals surface area contributed by atoms with Crippen molar-refractivity contribution in [2.24, 2.45) is 0 Å². The van der Waals surface area contributed by atoms with Crippen molar-refractivity contribution in [2.45, 2.75) is 30.2 Å². The van der Waals surface area contributed by atoms with Crippen LogP contribution >= 0.6 is 11.8 Å². The van der Waals surface area contributed by atoms with E-state index in [1.54, 1.807) is 25.6 Å². The van der Waals surface area contributed by atoms with Crippen LogP contribution in [0.5, 0.6) is 0 Å². The van der Waals surface area contributed by atoms with E-state index in [-0.39, 0.29) is 17.9 Å². The van der Waals surface area contributed by atoms with Crippen LogP contribution in [0.3, 0.4) is 0 Å². The van der Waals surface area contributed by atoms with E-state index in [2.05, 4.69) is 17.4 Å². The first-order chi connectivity index (χ1) is 8.99. The van der Waals surface area contributed by atoms with E-state index in [4.69, 9.17) is 0 Å². The van der Waals surface area contributed by atoms with E-state index < -0.39 is 5.54 Å². The molecule has 3 amide bonds. The number of thioether (sulfide) groups is 1. The van der Waals surface area contributed by atoms with Crippen LogP contribution in [0.4, 0.5) is 4.79 Å². The van der Waals surface area contributed by atoms with Gasteiger partial charge in [0.2, 0.25) is 0 Å². The summed E-state index contributed by atoms with van der Waals surface area (Å²) in [7, 11) is 0. The summed E-state index contributed by atoms with van der Waals surface area (Å²) in [6.45, 7) is 3.95. The molecule has 0 aromatic heterocycles. The lowest BCUT2D eigenvalue weighted by Crippen LogP contribution is -2.40. The first kappa shape index (κ1) is 12.5. The number of hydrogen-bond donors (Lipinski definition) is 1. The summed E-state index contributed by atoms with van der Waals surface area (Å²) in [4.78, 5) is 26.7. The number of amides is 3. The molecule has 1 unspecified atom stereocenters. The van der Waals surface area contributed by atoms with Crippen LogP contribution in [0.25, 0.3) is 0 Å². The Kier molecular flexibility index (Phi) is 2.82. The number of benzene rings is 1. The average molecular weight is 276 g/mol. The van der Waals surface area contributed by atoms with Gasteiger partial charge >= 0.3 is 6.03 Å². The number of rotatable bonds is 2. The predicted octanol–water partition coefficient (Wildman–Crippen LogP) is 2.21. The van der Waals surface area contributed by atoms with Gasteiger partial charge in [0, 0.05) is 23.1 Å². The van der Waals surface area contributed by atoms with Crippen LogP contribution in [0.15, 0.2) is 29.2 Å². The molecule has 3 rings (SSSR count). The summed E-state index contributed by atoms with van der Waals surface area (Å²) >= 11 is 1.79. The van der Waals surface area contributed by atoms with Gasteiger partial charge in [0.15, 0.2) is 0 Å². The van der Waals surface area contributed by atoms with Crippen LogP contribution in [-0.2, 0) is 4.79 Å². The fourth-order valence-electron chi connectivity index (χ4n) is 2.58. The molecule has 0 bridgehead atoms. The Bertz CT molecular complexity index is 556. The standard InChI is InChI=1S/C14H16N2O2S/c1-14(2)12(17)16(13(18)15-14)7-9-8-19-11-6-4-3-5-10(9)11/h3-6,9H,7-8H2,1-2H3,(H,15,18). The molecule has 0 spiro atoms. The lowest BCUT2D eigenvalue weighted by molar-refractivity contribution is -0.130. The van der Waals surface area contributed by atoms with E-state index in [0.29, 0.717) is 6.54 Å². The monoisotopic (exact) mass is 276 g/mol. The fourth-order valence-corrected chi connectivity index (χ4v) is 3.83.